The molecule has 1 N–H and O–H groups in total. The van der Waals surface area contributed by atoms with Gasteiger partial charge in [-0.3, -0.25) is 0 Å². The lowest BCUT2D eigenvalue weighted by molar-refractivity contribution is 0.595. The van der Waals surface area contributed by atoms with Gasteiger partial charge in [0.05, 0.1) is 0 Å². The summed E-state index contributed by atoms with van der Waals surface area (Å²) in [4.78, 5) is 0. The average Bonchev–Trinajstić information content (AvgIpc) is 2.86. The summed E-state index contributed by atoms with van der Waals surface area (Å²) in [5.41, 5.74) is 4.44. The molecule has 2 nitrogen and oxygen atoms in total. The van der Waals surface area contributed by atoms with Crippen molar-refractivity contribution in [3.05, 3.63) is 65.9 Å². The molecule has 2 heteroatoms. The molecule has 0 atom stereocenters. The van der Waals surface area contributed by atoms with Crippen molar-refractivity contribution in [2.75, 3.05) is 5.32 Å². The molecule has 1 aromatic heterocycles. The second-order valence-corrected chi connectivity index (χ2v) is 5.09. The summed E-state index contributed by atoms with van der Waals surface area (Å²) >= 11 is 0. The van der Waals surface area contributed by atoms with Crippen LogP contribution in [0.1, 0.15) is 17.7 Å². The number of furan rings is 1. The standard InChI is InChI=1S/C18H15NO/c1-2-6-13(7-3-1)19-14-10-11-16-15-8-4-5-9-17(15)20-18(16)12-14/h1-3,5-7,9-12,19H,4,8H2. The fourth-order valence-corrected chi connectivity index (χ4v) is 2.75. The normalized spacial score (nSPS) is 13.4. The van der Waals surface area contributed by atoms with Gasteiger partial charge in [-0.2, -0.15) is 0 Å². The number of aryl methyl sites for hydroxylation is 1. The Balaban J connectivity index is 1.74. The Hall–Kier alpha value is -2.48. The van der Waals surface area contributed by atoms with Crippen molar-refractivity contribution in [3.8, 4) is 0 Å². The Kier molecular flexibility index (Phi) is 2.59. The number of fused-ring (bicyclic) bond motifs is 3. The molecule has 4 rings (SSSR count). The van der Waals surface area contributed by atoms with E-state index in [9.17, 15) is 0 Å². The maximum Gasteiger partial charge on any atom is 0.137 e. The van der Waals surface area contributed by atoms with Gasteiger partial charge in [-0.05, 0) is 43.2 Å². The summed E-state index contributed by atoms with van der Waals surface area (Å²) in [5.74, 6) is 1.02. The summed E-state index contributed by atoms with van der Waals surface area (Å²) in [6.45, 7) is 0. The molecule has 98 valence electrons. The van der Waals surface area contributed by atoms with Gasteiger partial charge in [0.15, 0.2) is 0 Å². The van der Waals surface area contributed by atoms with Crippen LogP contribution in [0.2, 0.25) is 0 Å². The van der Waals surface area contributed by atoms with E-state index in [1.54, 1.807) is 0 Å². The van der Waals surface area contributed by atoms with E-state index in [0.29, 0.717) is 0 Å². The first-order valence-corrected chi connectivity index (χ1v) is 6.94. The molecule has 1 aliphatic carbocycles. The highest BCUT2D eigenvalue weighted by molar-refractivity contribution is 5.88. The van der Waals surface area contributed by atoms with Crippen molar-refractivity contribution >= 4 is 28.4 Å². The van der Waals surface area contributed by atoms with E-state index in [-0.39, 0.29) is 0 Å². The van der Waals surface area contributed by atoms with Crippen LogP contribution in [0.4, 0.5) is 11.4 Å². The zero-order chi connectivity index (χ0) is 13.4. The van der Waals surface area contributed by atoms with Crippen LogP contribution in [0.5, 0.6) is 0 Å². The van der Waals surface area contributed by atoms with Crippen LogP contribution in [0, 0.1) is 0 Å². The fraction of sp³-hybridized carbons (Fsp3) is 0.111. The van der Waals surface area contributed by atoms with Crippen molar-refractivity contribution in [2.24, 2.45) is 0 Å². The molecule has 0 saturated carbocycles. The maximum atomic E-state index is 5.94. The fourth-order valence-electron chi connectivity index (χ4n) is 2.75. The summed E-state index contributed by atoms with van der Waals surface area (Å²) < 4.78 is 5.94. The van der Waals surface area contributed by atoms with Crippen molar-refractivity contribution in [2.45, 2.75) is 12.8 Å². The zero-order valence-electron chi connectivity index (χ0n) is 11.1. The van der Waals surface area contributed by atoms with Gasteiger partial charge in [-0.1, -0.05) is 24.3 Å². The zero-order valence-corrected chi connectivity index (χ0v) is 11.1. The molecule has 0 aliphatic heterocycles. The lowest BCUT2D eigenvalue weighted by atomic mass is 10.0. The SMILES string of the molecule is C1=Cc2oc3cc(Nc4ccccc4)ccc3c2CC1. The number of hydrogen-bond donors (Lipinski definition) is 1. The molecule has 2 aromatic carbocycles. The van der Waals surface area contributed by atoms with E-state index in [0.717, 1.165) is 35.6 Å². The van der Waals surface area contributed by atoms with Gasteiger partial charge < -0.3 is 9.73 Å². The third-order valence-electron chi connectivity index (χ3n) is 3.72. The molecule has 0 bridgehead atoms. The predicted molar refractivity (Wildman–Crippen MR) is 83.3 cm³/mol. The summed E-state index contributed by atoms with van der Waals surface area (Å²) in [5, 5.41) is 4.64. The van der Waals surface area contributed by atoms with Crippen molar-refractivity contribution < 1.29 is 4.42 Å². The minimum absolute atomic E-state index is 0.961. The van der Waals surface area contributed by atoms with Crippen LogP contribution in [0.3, 0.4) is 0 Å². The number of rotatable bonds is 2. The molecule has 0 unspecified atom stereocenters. The number of hydrogen-bond acceptors (Lipinski definition) is 2. The van der Waals surface area contributed by atoms with Crippen LogP contribution >= 0.6 is 0 Å². The number of anilines is 2. The highest BCUT2D eigenvalue weighted by atomic mass is 16.3. The number of nitrogens with one attached hydrogen (secondary N) is 1. The number of allylic oxidation sites excluding steroid dienone is 1. The van der Waals surface area contributed by atoms with E-state index in [1.807, 2.05) is 18.2 Å². The van der Waals surface area contributed by atoms with Crippen LogP contribution in [-0.4, -0.2) is 0 Å². The Labute approximate surface area is 117 Å². The van der Waals surface area contributed by atoms with Crippen molar-refractivity contribution in [1.82, 2.24) is 0 Å². The highest BCUT2D eigenvalue weighted by Crippen LogP contribution is 2.33. The summed E-state index contributed by atoms with van der Waals surface area (Å²) in [6, 6.07) is 16.5. The van der Waals surface area contributed by atoms with E-state index in [1.165, 1.54) is 10.9 Å². The van der Waals surface area contributed by atoms with Crippen molar-refractivity contribution in [3.63, 3.8) is 0 Å². The van der Waals surface area contributed by atoms with E-state index < -0.39 is 0 Å². The molecular formula is C18H15NO. The smallest absolute Gasteiger partial charge is 0.137 e. The van der Waals surface area contributed by atoms with Gasteiger partial charge >= 0.3 is 0 Å². The third-order valence-corrected chi connectivity index (χ3v) is 3.72. The minimum Gasteiger partial charge on any atom is -0.456 e. The Morgan fingerprint density at radius 2 is 1.85 bits per heavy atom. The van der Waals surface area contributed by atoms with Crippen LogP contribution < -0.4 is 5.32 Å². The topological polar surface area (TPSA) is 25.2 Å². The van der Waals surface area contributed by atoms with Gasteiger partial charge in [-0.25, -0.2) is 0 Å². The first-order chi connectivity index (χ1) is 9.90. The second kappa shape index (κ2) is 4.57. The Bertz CT molecular complexity index is 784. The molecule has 20 heavy (non-hydrogen) atoms. The molecule has 0 spiro atoms. The number of benzene rings is 2. The summed E-state index contributed by atoms with van der Waals surface area (Å²) in [6.07, 6.45) is 6.44. The van der Waals surface area contributed by atoms with Gasteiger partial charge in [0, 0.05) is 28.4 Å². The predicted octanol–water partition coefficient (Wildman–Crippen LogP) is 5.14. The monoisotopic (exact) mass is 261 g/mol. The molecule has 0 saturated heterocycles. The molecule has 1 heterocycles. The quantitative estimate of drug-likeness (QED) is 0.691. The maximum absolute atomic E-state index is 5.94. The van der Waals surface area contributed by atoms with Crippen LogP contribution in [0.15, 0.2) is 59.0 Å². The third kappa shape index (κ3) is 1.90. The van der Waals surface area contributed by atoms with E-state index in [2.05, 4.69) is 47.8 Å². The molecule has 3 aromatic rings. The average molecular weight is 261 g/mol. The minimum atomic E-state index is 0.961. The number of para-hydroxylation sites is 1. The van der Waals surface area contributed by atoms with Gasteiger partial charge in [0.25, 0.3) is 0 Å². The molecule has 0 fully saturated rings. The first kappa shape index (κ1) is 11.4. The second-order valence-electron chi connectivity index (χ2n) is 5.09. The molecular weight excluding hydrogens is 246 g/mol. The van der Waals surface area contributed by atoms with Gasteiger partial charge in [-0.15, -0.1) is 0 Å². The van der Waals surface area contributed by atoms with E-state index in [4.69, 9.17) is 4.42 Å². The van der Waals surface area contributed by atoms with Crippen LogP contribution in [-0.2, 0) is 6.42 Å². The lowest BCUT2D eigenvalue weighted by Crippen LogP contribution is -1.90. The Morgan fingerprint density at radius 3 is 2.75 bits per heavy atom. The van der Waals surface area contributed by atoms with E-state index >= 15 is 0 Å². The molecule has 0 amide bonds. The highest BCUT2D eigenvalue weighted by Gasteiger charge is 2.14. The Morgan fingerprint density at radius 1 is 0.950 bits per heavy atom. The van der Waals surface area contributed by atoms with Gasteiger partial charge in [0.2, 0.25) is 0 Å². The summed E-state index contributed by atoms with van der Waals surface area (Å²) in [7, 11) is 0. The van der Waals surface area contributed by atoms with Crippen molar-refractivity contribution in [1.29, 1.82) is 0 Å². The van der Waals surface area contributed by atoms with Gasteiger partial charge in [0.1, 0.15) is 11.3 Å². The molecule has 0 radical (unpaired) electrons. The van der Waals surface area contributed by atoms with Crippen LogP contribution in [0.25, 0.3) is 17.0 Å². The lowest BCUT2D eigenvalue weighted by Gasteiger charge is -2.06. The first-order valence-electron chi connectivity index (χ1n) is 6.94. The largest absolute Gasteiger partial charge is 0.456 e. The molecule has 1 aliphatic rings.